The molecule has 1 aliphatic rings. The lowest BCUT2D eigenvalue weighted by Crippen LogP contribution is -2.34. The van der Waals surface area contributed by atoms with E-state index in [4.69, 9.17) is 5.26 Å². The molecule has 1 aromatic heterocycles. The predicted molar refractivity (Wildman–Crippen MR) is 76.3 cm³/mol. The molecule has 0 atom stereocenters. The normalized spacial score (nSPS) is 16.2. The van der Waals surface area contributed by atoms with Crippen molar-refractivity contribution in [3.8, 4) is 6.07 Å². The number of piperidine rings is 1. The van der Waals surface area contributed by atoms with Crippen molar-refractivity contribution >= 4 is 11.6 Å². The first kappa shape index (κ1) is 13.6. The molecule has 5 nitrogen and oxygen atoms in total. The quantitative estimate of drug-likeness (QED) is 0.830. The molecular weight excluding hydrogens is 238 g/mol. The van der Waals surface area contributed by atoms with Gasteiger partial charge >= 0.3 is 0 Å². The van der Waals surface area contributed by atoms with Crippen LogP contribution in [0.15, 0.2) is 6.07 Å². The van der Waals surface area contributed by atoms with Gasteiger partial charge < -0.3 is 9.80 Å². The van der Waals surface area contributed by atoms with Crippen LogP contribution in [0.2, 0.25) is 0 Å². The second kappa shape index (κ2) is 5.87. The number of aryl methyl sites for hydroxylation is 1. The Morgan fingerprint density at radius 3 is 2.63 bits per heavy atom. The second-order valence-corrected chi connectivity index (χ2v) is 5.32. The van der Waals surface area contributed by atoms with E-state index in [0.717, 1.165) is 43.4 Å². The first-order chi connectivity index (χ1) is 9.10. The molecule has 0 aliphatic carbocycles. The second-order valence-electron chi connectivity index (χ2n) is 5.32. The van der Waals surface area contributed by atoms with Crippen LogP contribution in [-0.4, -0.2) is 37.2 Å². The number of hydrogen-bond donors (Lipinski definition) is 0. The fourth-order valence-corrected chi connectivity index (χ4v) is 2.42. The van der Waals surface area contributed by atoms with Crippen LogP contribution in [0.4, 0.5) is 11.6 Å². The molecule has 5 heteroatoms. The highest BCUT2D eigenvalue weighted by atomic mass is 15.2. The van der Waals surface area contributed by atoms with Gasteiger partial charge in [0.25, 0.3) is 0 Å². The summed E-state index contributed by atoms with van der Waals surface area (Å²) in [6.45, 7) is 3.89. The minimum Gasteiger partial charge on any atom is -0.363 e. The Bertz CT molecular complexity index is 469. The average Bonchev–Trinajstić information content (AvgIpc) is 2.39. The van der Waals surface area contributed by atoms with Crippen molar-refractivity contribution < 1.29 is 0 Å². The molecule has 0 aromatic carbocycles. The molecular formula is C14H21N5. The third-order valence-corrected chi connectivity index (χ3v) is 3.59. The van der Waals surface area contributed by atoms with Gasteiger partial charge in [-0.3, -0.25) is 0 Å². The fourth-order valence-electron chi connectivity index (χ4n) is 2.42. The van der Waals surface area contributed by atoms with Gasteiger partial charge in [-0.25, -0.2) is 9.97 Å². The van der Waals surface area contributed by atoms with Crippen molar-refractivity contribution in [2.24, 2.45) is 5.92 Å². The lowest BCUT2D eigenvalue weighted by atomic mass is 9.94. The molecule has 0 saturated carbocycles. The molecule has 1 saturated heterocycles. The third-order valence-electron chi connectivity index (χ3n) is 3.59. The third kappa shape index (κ3) is 3.34. The lowest BCUT2D eigenvalue weighted by Gasteiger charge is -2.32. The first-order valence-electron chi connectivity index (χ1n) is 6.75. The summed E-state index contributed by atoms with van der Waals surface area (Å²) in [5, 5.41) is 8.75. The number of rotatable bonds is 3. The monoisotopic (exact) mass is 259 g/mol. The van der Waals surface area contributed by atoms with Crippen LogP contribution in [0.3, 0.4) is 0 Å². The van der Waals surface area contributed by atoms with Crippen molar-refractivity contribution in [3.05, 3.63) is 11.9 Å². The van der Waals surface area contributed by atoms with Crippen LogP contribution in [0.1, 0.15) is 25.1 Å². The topological polar surface area (TPSA) is 56.1 Å². The summed E-state index contributed by atoms with van der Waals surface area (Å²) in [5.74, 6) is 3.31. The van der Waals surface area contributed by atoms with Crippen molar-refractivity contribution in [1.82, 2.24) is 9.97 Å². The molecule has 2 heterocycles. The maximum atomic E-state index is 8.75. The van der Waals surface area contributed by atoms with Gasteiger partial charge in [-0.05, 0) is 25.7 Å². The highest BCUT2D eigenvalue weighted by molar-refractivity contribution is 5.50. The number of nitriles is 1. The zero-order valence-electron chi connectivity index (χ0n) is 11.9. The number of anilines is 2. The summed E-state index contributed by atoms with van der Waals surface area (Å²) in [6, 6.07) is 4.31. The minimum atomic E-state index is 0.553. The molecule has 0 N–H and O–H groups in total. The van der Waals surface area contributed by atoms with Gasteiger partial charge in [0.1, 0.15) is 17.5 Å². The Balaban J connectivity index is 2.09. The van der Waals surface area contributed by atoms with Gasteiger partial charge in [-0.2, -0.15) is 5.26 Å². The smallest absolute Gasteiger partial charge is 0.134 e. The lowest BCUT2D eigenvalue weighted by molar-refractivity contribution is 0.411. The van der Waals surface area contributed by atoms with Gasteiger partial charge in [0.15, 0.2) is 0 Å². The van der Waals surface area contributed by atoms with E-state index in [1.165, 1.54) is 0 Å². The van der Waals surface area contributed by atoms with Crippen LogP contribution in [0.5, 0.6) is 0 Å². The van der Waals surface area contributed by atoms with Crippen molar-refractivity contribution in [3.63, 3.8) is 0 Å². The van der Waals surface area contributed by atoms with Gasteiger partial charge in [-0.15, -0.1) is 0 Å². The zero-order valence-corrected chi connectivity index (χ0v) is 11.9. The van der Waals surface area contributed by atoms with Crippen molar-refractivity contribution in [2.45, 2.75) is 26.2 Å². The van der Waals surface area contributed by atoms with Crippen LogP contribution in [0.25, 0.3) is 0 Å². The van der Waals surface area contributed by atoms with E-state index in [2.05, 4.69) is 20.9 Å². The number of hydrogen-bond acceptors (Lipinski definition) is 5. The zero-order chi connectivity index (χ0) is 13.8. The summed E-state index contributed by atoms with van der Waals surface area (Å²) in [6.07, 6.45) is 2.83. The number of aromatic nitrogens is 2. The van der Waals surface area contributed by atoms with E-state index >= 15 is 0 Å². The van der Waals surface area contributed by atoms with Gasteiger partial charge in [0, 0.05) is 39.7 Å². The minimum absolute atomic E-state index is 0.553. The molecule has 19 heavy (non-hydrogen) atoms. The van der Waals surface area contributed by atoms with Crippen molar-refractivity contribution in [1.29, 1.82) is 5.26 Å². The van der Waals surface area contributed by atoms with Crippen LogP contribution in [-0.2, 0) is 0 Å². The SMILES string of the molecule is Cc1nc(N(C)C)cc(N2CCC(CC#N)CC2)n1. The first-order valence-corrected chi connectivity index (χ1v) is 6.75. The predicted octanol–water partition coefficient (Wildman–Crippen LogP) is 1.98. The summed E-state index contributed by atoms with van der Waals surface area (Å²) in [7, 11) is 3.98. The molecule has 1 aliphatic heterocycles. The van der Waals surface area contributed by atoms with E-state index < -0.39 is 0 Å². The maximum Gasteiger partial charge on any atom is 0.134 e. The van der Waals surface area contributed by atoms with Crippen LogP contribution >= 0.6 is 0 Å². The Hall–Kier alpha value is -1.83. The maximum absolute atomic E-state index is 8.75. The fraction of sp³-hybridized carbons (Fsp3) is 0.643. The summed E-state index contributed by atoms with van der Waals surface area (Å²) >= 11 is 0. The van der Waals surface area contributed by atoms with E-state index in [-0.39, 0.29) is 0 Å². The average molecular weight is 259 g/mol. The number of nitrogens with zero attached hydrogens (tertiary/aromatic N) is 5. The largest absolute Gasteiger partial charge is 0.363 e. The summed E-state index contributed by atoms with van der Waals surface area (Å²) in [5.41, 5.74) is 0. The standard InChI is InChI=1S/C14H21N5/c1-11-16-13(18(2)3)10-14(17-11)19-8-5-12(4-7-15)6-9-19/h10,12H,4-6,8-9H2,1-3H3. The summed E-state index contributed by atoms with van der Waals surface area (Å²) < 4.78 is 0. The molecule has 0 spiro atoms. The van der Waals surface area contributed by atoms with Gasteiger partial charge in [0.05, 0.1) is 6.07 Å². The van der Waals surface area contributed by atoms with Gasteiger partial charge in [-0.1, -0.05) is 0 Å². The van der Waals surface area contributed by atoms with E-state index in [1.807, 2.05) is 32.0 Å². The van der Waals surface area contributed by atoms with Gasteiger partial charge in [0.2, 0.25) is 0 Å². The molecule has 0 bridgehead atoms. The van der Waals surface area contributed by atoms with E-state index in [0.29, 0.717) is 12.3 Å². The molecule has 1 fully saturated rings. The molecule has 0 radical (unpaired) electrons. The van der Waals surface area contributed by atoms with E-state index in [9.17, 15) is 0 Å². The Morgan fingerprint density at radius 1 is 1.37 bits per heavy atom. The van der Waals surface area contributed by atoms with Crippen LogP contribution < -0.4 is 9.80 Å². The highest BCUT2D eigenvalue weighted by Crippen LogP contribution is 2.25. The molecule has 0 unspecified atom stereocenters. The summed E-state index contributed by atoms with van der Waals surface area (Å²) in [4.78, 5) is 13.3. The van der Waals surface area contributed by atoms with E-state index in [1.54, 1.807) is 0 Å². The van der Waals surface area contributed by atoms with Crippen LogP contribution in [0, 0.1) is 24.2 Å². The van der Waals surface area contributed by atoms with Crippen molar-refractivity contribution in [2.75, 3.05) is 37.0 Å². The Labute approximate surface area is 114 Å². The highest BCUT2D eigenvalue weighted by Gasteiger charge is 2.20. The molecule has 0 amide bonds. The molecule has 102 valence electrons. The Kier molecular flexibility index (Phi) is 4.20. The Morgan fingerprint density at radius 2 is 2.05 bits per heavy atom. The molecule has 2 rings (SSSR count). The molecule has 1 aromatic rings.